The molecule has 3 heterocycles. The zero-order valence-electron chi connectivity index (χ0n) is 16.9. The molecule has 0 bridgehead atoms. The smallest absolute Gasteiger partial charge is 0.338 e. The third-order valence-electron chi connectivity index (χ3n) is 4.58. The Labute approximate surface area is 192 Å². The summed E-state index contributed by atoms with van der Waals surface area (Å²) >= 11 is 7.27. The number of hydrogen-bond acceptors (Lipinski definition) is 8. The molecule has 4 rings (SSSR count). The molecule has 166 valence electrons. The van der Waals surface area contributed by atoms with E-state index in [9.17, 15) is 9.59 Å². The first kappa shape index (κ1) is 21.9. The monoisotopic (exact) mass is 474 g/mol. The number of nitrogens with one attached hydrogen (secondary N) is 2. The number of furan rings is 1. The van der Waals surface area contributed by atoms with Crippen molar-refractivity contribution in [2.45, 2.75) is 24.7 Å². The Hall–Kier alpha value is -3.31. The minimum Gasteiger partial charge on any atom is -0.467 e. The highest BCUT2D eigenvalue weighted by Gasteiger charge is 2.34. The average Bonchev–Trinajstić information content (AvgIpc) is 3.45. The Balaban J connectivity index is 1.62. The molecule has 0 spiro atoms. The van der Waals surface area contributed by atoms with Crippen LogP contribution in [0.3, 0.4) is 0 Å². The Bertz CT molecular complexity index is 1130. The SMILES string of the molecule is CCOC(=O)C1=C(CSc2nnnn2Cc2ccco2)NC(=O)NC1c1ccc(Cl)cc1. The van der Waals surface area contributed by atoms with Crippen molar-refractivity contribution in [3.63, 3.8) is 0 Å². The van der Waals surface area contributed by atoms with Gasteiger partial charge < -0.3 is 19.8 Å². The lowest BCUT2D eigenvalue weighted by molar-refractivity contribution is -0.139. The Morgan fingerprint density at radius 2 is 2.12 bits per heavy atom. The number of tetrazole rings is 1. The van der Waals surface area contributed by atoms with E-state index in [1.54, 1.807) is 48.2 Å². The van der Waals surface area contributed by atoms with Crippen LogP contribution >= 0.6 is 23.4 Å². The summed E-state index contributed by atoms with van der Waals surface area (Å²) in [6, 6.07) is 9.40. The van der Waals surface area contributed by atoms with Gasteiger partial charge in [-0.2, -0.15) is 0 Å². The summed E-state index contributed by atoms with van der Waals surface area (Å²) in [6.45, 7) is 2.28. The van der Waals surface area contributed by atoms with Crippen LogP contribution in [-0.2, 0) is 16.1 Å². The second-order valence-corrected chi connectivity index (χ2v) is 8.06. The summed E-state index contributed by atoms with van der Waals surface area (Å²) in [5.41, 5.74) is 1.44. The van der Waals surface area contributed by atoms with Crippen LogP contribution in [0.25, 0.3) is 0 Å². The van der Waals surface area contributed by atoms with E-state index < -0.39 is 18.0 Å². The highest BCUT2D eigenvalue weighted by atomic mass is 35.5. The number of ether oxygens (including phenoxy) is 1. The molecule has 2 aromatic heterocycles. The summed E-state index contributed by atoms with van der Waals surface area (Å²) in [6.07, 6.45) is 1.57. The van der Waals surface area contributed by atoms with Gasteiger partial charge in [0.25, 0.3) is 0 Å². The van der Waals surface area contributed by atoms with Crippen LogP contribution in [-0.4, -0.2) is 44.6 Å². The molecule has 1 unspecified atom stereocenters. The summed E-state index contributed by atoms with van der Waals surface area (Å²) < 4.78 is 12.2. The Morgan fingerprint density at radius 3 is 2.84 bits per heavy atom. The molecule has 3 aromatic rings. The number of aromatic nitrogens is 4. The number of halogens is 1. The van der Waals surface area contributed by atoms with E-state index in [-0.39, 0.29) is 12.4 Å². The highest BCUT2D eigenvalue weighted by Crippen LogP contribution is 2.31. The predicted molar refractivity (Wildman–Crippen MR) is 116 cm³/mol. The molecule has 0 saturated heterocycles. The number of amides is 2. The molecule has 1 atom stereocenters. The van der Waals surface area contributed by atoms with Crippen molar-refractivity contribution in [1.82, 2.24) is 30.8 Å². The van der Waals surface area contributed by atoms with Gasteiger partial charge in [-0.05, 0) is 47.2 Å². The quantitative estimate of drug-likeness (QED) is 0.377. The van der Waals surface area contributed by atoms with E-state index >= 15 is 0 Å². The number of carbonyl (C=O) groups is 2. The van der Waals surface area contributed by atoms with Crippen molar-refractivity contribution >= 4 is 35.4 Å². The molecular weight excluding hydrogens is 456 g/mol. The van der Waals surface area contributed by atoms with Gasteiger partial charge in [0.15, 0.2) is 0 Å². The number of rotatable bonds is 8. The molecule has 12 heteroatoms. The lowest BCUT2D eigenvalue weighted by atomic mass is 9.95. The first-order valence-electron chi connectivity index (χ1n) is 9.69. The minimum atomic E-state index is -0.685. The van der Waals surface area contributed by atoms with Gasteiger partial charge >= 0.3 is 12.0 Å². The van der Waals surface area contributed by atoms with Gasteiger partial charge in [0.1, 0.15) is 12.3 Å². The topological polar surface area (TPSA) is 124 Å². The molecule has 1 aliphatic rings. The second-order valence-electron chi connectivity index (χ2n) is 6.68. The number of esters is 1. The predicted octanol–water partition coefficient (Wildman–Crippen LogP) is 2.93. The molecule has 32 heavy (non-hydrogen) atoms. The zero-order valence-corrected chi connectivity index (χ0v) is 18.5. The van der Waals surface area contributed by atoms with E-state index in [1.807, 2.05) is 6.07 Å². The molecule has 0 radical (unpaired) electrons. The molecule has 1 aromatic carbocycles. The first-order valence-corrected chi connectivity index (χ1v) is 11.1. The van der Waals surface area contributed by atoms with Crippen LogP contribution in [0.4, 0.5) is 4.79 Å². The van der Waals surface area contributed by atoms with Gasteiger partial charge in [-0.15, -0.1) is 5.10 Å². The van der Waals surface area contributed by atoms with Crippen LogP contribution in [0, 0.1) is 0 Å². The summed E-state index contributed by atoms with van der Waals surface area (Å²) in [5, 5.41) is 18.3. The number of benzene rings is 1. The van der Waals surface area contributed by atoms with Crippen molar-refractivity contribution in [1.29, 1.82) is 0 Å². The van der Waals surface area contributed by atoms with E-state index in [2.05, 4.69) is 26.2 Å². The molecular formula is C20H19ClN6O4S. The Kier molecular flexibility index (Phi) is 6.76. The summed E-state index contributed by atoms with van der Waals surface area (Å²) in [7, 11) is 0. The molecule has 10 nitrogen and oxygen atoms in total. The summed E-state index contributed by atoms with van der Waals surface area (Å²) in [4.78, 5) is 25.2. The van der Waals surface area contributed by atoms with Crippen molar-refractivity contribution < 1.29 is 18.7 Å². The van der Waals surface area contributed by atoms with Gasteiger partial charge in [-0.25, -0.2) is 14.3 Å². The largest absolute Gasteiger partial charge is 0.467 e. The first-order chi connectivity index (χ1) is 15.5. The lowest BCUT2D eigenvalue weighted by Crippen LogP contribution is -2.46. The standard InChI is InChI=1S/C20H19ClN6O4S/c1-2-30-18(28)16-15(22-19(29)23-17(16)12-5-7-13(21)8-6-12)11-32-20-24-25-26-27(20)10-14-4-3-9-31-14/h3-9,17H,2,10-11H2,1H3,(H2,22,23,29). The average molecular weight is 475 g/mol. The maximum Gasteiger partial charge on any atom is 0.338 e. The number of urea groups is 1. The van der Waals surface area contributed by atoms with Gasteiger partial charge in [0.05, 0.1) is 24.5 Å². The maximum atomic E-state index is 12.8. The molecule has 2 amide bonds. The van der Waals surface area contributed by atoms with E-state index in [1.165, 1.54) is 11.8 Å². The normalized spacial score (nSPS) is 15.9. The third kappa shape index (κ3) is 4.94. The fourth-order valence-electron chi connectivity index (χ4n) is 3.17. The minimum absolute atomic E-state index is 0.200. The van der Waals surface area contributed by atoms with Crippen LogP contribution in [0.15, 0.2) is 63.5 Å². The van der Waals surface area contributed by atoms with Crippen molar-refractivity contribution in [2.24, 2.45) is 0 Å². The maximum absolute atomic E-state index is 12.8. The van der Waals surface area contributed by atoms with Gasteiger partial charge in [0, 0.05) is 16.5 Å². The second kappa shape index (κ2) is 9.88. The van der Waals surface area contributed by atoms with Crippen LogP contribution in [0.1, 0.15) is 24.3 Å². The van der Waals surface area contributed by atoms with Crippen LogP contribution in [0.2, 0.25) is 5.02 Å². The van der Waals surface area contributed by atoms with Crippen molar-refractivity contribution in [3.8, 4) is 0 Å². The molecule has 0 fully saturated rings. The van der Waals surface area contributed by atoms with Gasteiger partial charge in [-0.3, -0.25) is 0 Å². The molecule has 2 N–H and O–H groups in total. The molecule has 0 saturated carbocycles. The van der Waals surface area contributed by atoms with Crippen molar-refractivity contribution in [2.75, 3.05) is 12.4 Å². The molecule has 1 aliphatic heterocycles. The summed E-state index contributed by atoms with van der Waals surface area (Å²) in [5.74, 6) is 0.416. The zero-order chi connectivity index (χ0) is 22.5. The molecule has 0 aliphatic carbocycles. The Morgan fingerprint density at radius 1 is 1.31 bits per heavy atom. The van der Waals surface area contributed by atoms with E-state index in [0.29, 0.717) is 39.3 Å². The fraction of sp³-hybridized carbons (Fsp3) is 0.250. The van der Waals surface area contributed by atoms with Crippen molar-refractivity contribution in [3.05, 3.63) is 70.3 Å². The van der Waals surface area contributed by atoms with Gasteiger partial charge in [-0.1, -0.05) is 35.5 Å². The van der Waals surface area contributed by atoms with Crippen LogP contribution < -0.4 is 10.6 Å². The number of nitrogens with zero attached hydrogens (tertiary/aromatic N) is 4. The lowest BCUT2D eigenvalue weighted by Gasteiger charge is -2.29. The number of carbonyl (C=O) groups excluding carboxylic acids is 2. The van der Waals surface area contributed by atoms with Gasteiger partial charge in [0.2, 0.25) is 5.16 Å². The number of thioether (sulfide) groups is 1. The number of hydrogen-bond donors (Lipinski definition) is 2. The highest BCUT2D eigenvalue weighted by molar-refractivity contribution is 7.99. The fourth-order valence-corrected chi connectivity index (χ4v) is 4.14. The third-order valence-corrected chi connectivity index (χ3v) is 5.82. The van der Waals surface area contributed by atoms with E-state index in [4.69, 9.17) is 20.8 Å². The van der Waals surface area contributed by atoms with E-state index in [0.717, 1.165) is 0 Å². The van der Waals surface area contributed by atoms with Crippen LogP contribution in [0.5, 0.6) is 0 Å².